The molecular formula is C21H28N4O3S. The summed E-state index contributed by atoms with van der Waals surface area (Å²) in [6.07, 6.45) is 3.31. The van der Waals surface area contributed by atoms with Gasteiger partial charge in [0.2, 0.25) is 10.0 Å². The van der Waals surface area contributed by atoms with E-state index in [0.717, 1.165) is 31.6 Å². The Balaban J connectivity index is 1.95. The maximum absolute atomic E-state index is 13.0. The van der Waals surface area contributed by atoms with Crippen LogP contribution in [0.4, 0.5) is 11.5 Å². The molecule has 0 atom stereocenters. The van der Waals surface area contributed by atoms with Crippen molar-refractivity contribution < 1.29 is 13.2 Å². The average Bonchev–Trinajstić information content (AvgIpc) is 2.67. The van der Waals surface area contributed by atoms with E-state index >= 15 is 0 Å². The molecule has 1 fully saturated rings. The number of nitrogens with one attached hydrogen (secondary N) is 1. The fraction of sp³-hybridized carbons (Fsp3) is 0.429. The van der Waals surface area contributed by atoms with Gasteiger partial charge in [-0.2, -0.15) is 0 Å². The summed E-state index contributed by atoms with van der Waals surface area (Å²) in [4.78, 5) is 20.0. The highest BCUT2D eigenvalue weighted by molar-refractivity contribution is 7.89. The molecular weight excluding hydrogens is 388 g/mol. The fourth-order valence-electron chi connectivity index (χ4n) is 3.34. The first-order valence-corrected chi connectivity index (χ1v) is 11.3. The van der Waals surface area contributed by atoms with Crippen LogP contribution in [0.5, 0.6) is 0 Å². The van der Waals surface area contributed by atoms with Gasteiger partial charge >= 0.3 is 0 Å². The second-order valence-corrected chi connectivity index (χ2v) is 9.95. The van der Waals surface area contributed by atoms with Crippen LogP contribution in [0, 0.1) is 0 Å². The maximum atomic E-state index is 13.0. The third-order valence-electron chi connectivity index (χ3n) is 4.96. The summed E-state index contributed by atoms with van der Waals surface area (Å²) in [6.45, 7) is 8.00. The smallest absolute Gasteiger partial charge is 0.259 e. The van der Waals surface area contributed by atoms with Gasteiger partial charge < -0.3 is 10.2 Å². The summed E-state index contributed by atoms with van der Waals surface area (Å²) in [5.41, 5.74) is 1.63. The number of pyridine rings is 1. The predicted molar refractivity (Wildman–Crippen MR) is 115 cm³/mol. The molecule has 1 aromatic heterocycles. The van der Waals surface area contributed by atoms with Gasteiger partial charge in [-0.15, -0.1) is 0 Å². The molecule has 0 unspecified atom stereocenters. The second kappa shape index (κ2) is 8.12. The molecule has 3 rings (SSSR count). The number of primary sulfonamides is 1. The van der Waals surface area contributed by atoms with E-state index in [1.54, 1.807) is 18.2 Å². The molecule has 1 amide bonds. The lowest BCUT2D eigenvalue weighted by molar-refractivity contribution is 0.102. The Morgan fingerprint density at radius 3 is 2.41 bits per heavy atom. The molecule has 1 saturated heterocycles. The first-order valence-electron chi connectivity index (χ1n) is 9.76. The van der Waals surface area contributed by atoms with E-state index in [1.807, 2.05) is 6.07 Å². The molecule has 0 saturated carbocycles. The fourth-order valence-corrected chi connectivity index (χ4v) is 3.90. The lowest BCUT2D eigenvalue weighted by atomic mass is 9.91. The number of nitrogens with zero attached hydrogens (tertiary/aromatic N) is 2. The number of piperidine rings is 1. The normalized spacial score (nSPS) is 15.2. The van der Waals surface area contributed by atoms with E-state index in [-0.39, 0.29) is 16.2 Å². The number of hydrogen-bond acceptors (Lipinski definition) is 5. The quantitative estimate of drug-likeness (QED) is 0.796. The SMILES string of the molecule is CC(C)(C)c1ccc(C(=O)Nc2cccc(S(N)(=O)=O)c2)c(N2CCCCC2)n1. The maximum Gasteiger partial charge on any atom is 0.259 e. The molecule has 29 heavy (non-hydrogen) atoms. The lowest BCUT2D eigenvalue weighted by Gasteiger charge is -2.30. The Bertz CT molecular complexity index is 1010. The number of benzene rings is 1. The van der Waals surface area contributed by atoms with Crippen LogP contribution in [-0.2, 0) is 15.4 Å². The van der Waals surface area contributed by atoms with Gasteiger partial charge in [0.05, 0.1) is 10.5 Å². The van der Waals surface area contributed by atoms with Gasteiger partial charge in [0.25, 0.3) is 5.91 Å². The van der Waals surface area contributed by atoms with Crippen LogP contribution in [0.2, 0.25) is 0 Å². The summed E-state index contributed by atoms with van der Waals surface area (Å²) in [5.74, 6) is 0.349. The van der Waals surface area contributed by atoms with Crippen molar-refractivity contribution in [1.29, 1.82) is 0 Å². The predicted octanol–water partition coefficient (Wildman–Crippen LogP) is 3.27. The lowest BCUT2D eigenvalue weighted by Crippen LogP contribution is -2.33. The highest BCUT2D eigenvalue weighted by Crippen LogP contribution is 2.28. The van der Waals surface area contributed by atoms with Crippen LogP contribution in [-0.4, -0.2) is 32.4 Å². The number of carbonyl (C=O) groups is 1. The van der Waals surface area contributed by atoms with Crippen molar-refractivity contribution in [3.05, 3.63) is 47.7 Å². The van der Waals surface area contributed by atoms with Crippen molar-refractivity contribution in [2.75, 3.05) is 23.3 Å². The van der Waals surface area contributed by atoms with Crippen LogP contribution in [0.1, 0.15) is 56.1 Å². The molecule has 0 aliphatic carbocycles. The minimum Gasteiger partial charge on any atom is -0.356 e. The number of hydrogen-bond donors (Lipinski definition) is 2. The molecule has 2 aromatic rings. The van der Waals surface area contributed by atoms with E-state index < -0.39 is 10.0 Å². The van der Waals surface area contributed by atoms with Crippen molar-refractivity contribution in [3.8, 4) is 0 Å². The van der Waals surface area contributed by atoms with Crippen molar-refractivity contribution in [2.24, 2.45) is 5.14 Å². The molecule has 2 heterocycles. The first kappa shape index (κ1) is 21.3. The Labute approximate surface area is 172 Å². The number of amides is 1. The standard InChI is InChI=1S/C21H28N4O3S/c1-21(2,3)18-11-10-17(19(24-18)25-12-5-4-6-13-25)20(26)23-15-8-7-9-16(14-15)29(22,27)28/h7-11,14H,4-6,12-13H2,1-3H3,(H,23,26)(H2,22,27,28). The van der Waals surface area contributed by atoms with Crippen LogP contribution < -0.4 is 15.4 Å². The van der Waals surface area contributed by atoms with Gasteiger partial charge in [0.1, 0.15) is 5.82 Å². The second-order valence-electron chi connectivity index (χ2n) is 8.39. The number of nitrogens with two attached hydrogens (primary N) is 1. The molecule has 0 spiro atoms. The minimum absolute atomic E-state index is 0.0484. The zero-order valence-corrected chi connectivity index (χ0v) is 17.9. The van der Waals surface area contributed by atoms with E-state index in [1.165, 1.54) is 18.6 Å². The molecule has 3 N–H and O–H groups in total. The summed E-state index contributed by atoms with van der Waals surface area (Å²) in [7, 11) is -3.84. The van der Waals surface area contributed by atoms with Crippen molar-refractivity contribution in [3.63, 3.8) is 0 Å². The van der Waals surface area contributed by atoms with E-state index in [0.29, 0.717) is 17.1 Å². The summed E-state index contributed by atoms with van der Waals surface area (Å²) >= 11 is 0. The molecule has 8 heteroatoms. The van der Waals surface area contributed by atoms with Crippen LogP contribution in [0.15, 0.2) is 41.3 Å². The highest BCUT2D eigenvalue weighted by Gasteiger charge is 2.24. The average molecular weight is 417 g/mol. The Morgan fingerprint density at radius 1 is 1.10 bits per heavy atom. The molecule has 1 aromatic carbocycles. The zero-order chi connectivity index (χ0) is 21.2. The van der Waals surface area contributed by atoms with Gasteiger partial charge in [-0.1, -0.05) is 26.8 Å². The van der Waals surface area contributed by atoms with E-state index in [9.17, 15) is 13.2 Å². The van der Waals surface area contributed by atoms with Crippen LogP contribution in [0.25, 0.3) is 0 Å². The van der Waals surface area contributed by atoms with Gasteiger partial charge in [0, 0.05) is 29.9 Å². The topological polar surface area (TPSA) is 105 Å². The summed E-state index contributed by atoms with van der Waals surface area (Å²) in [6, 6.07) is 9.60. The number of aromatic nitrogens is 1. The number of carbonyl (C=O) groups excluding carboxylic acids is 1. The monoisotopic (exact) mass is 416 g/mol. The van der Waals surface area contributed by atoms with Gasteiger partial charge in [-0.3, -0.25) is 4.79 Å². The third kappa shape index (κ3) is 5.13. The Morgan fingerprint density at radius 2 is 1.79 bits per heavy atom. The van der Waals surface area contributed by atoms with E-state index in [2.05, 4.69) is 31.0 Å². The molecule has 1 aliphatic heterocycles. The summed E-state index contributed by atoms with van der Waals surface area (Å²) in [5, 5.41) is 7.97. The third-order valence-corrected chi connectivity index (χ3v) is 5.88. The van der Waals surface area contributed by atoms with Crippen molar-refractivity contribution in [2.45, 2.75) is 50.3 Å². The molecule has 0 bridgehead atoms. The number of sulfonamides is 1. The van der Waals surface area contributed by atoms with Crippen LogP contribution in [0.3, 0.4) is 0 Å². The largest absolute Gasteiger partial charge is 0.356 e. The first-order chi connectivity index (χ1) is 13.6. The van der Waals surface area contributed by atoms with Gasteiger partial charge in [-0.25, -0.2) is 18.5 Å². The number of anilines is 2. The molecule has 156 valence electrons. The zero-order valence-electron chi connectivity index (χ0n) is 17.1. The molecule has 7 nitrogen and oxygen atoms in total. The van der Waals surface area contributed by atoms with Gasteiger partial charge in [0.15, 0.2) is 0 Å². The molecule has 0 radical (unpaired) electrons. The Hall–Kier alpha value is -2.45. The van der Waals surface area contributed by atoms with Gasteiger partial charge in [-0.05, 0) is 49.6 Å². The number of rotatable bonds is 4. The minimum atomic E-state index is -3.84. The Kier molecular flexibility index (Phi) is 5.95. The van der Waals surface area contributed by atoms with Crippen molar-refractivity contribution >= 4 is 27.4 Å². The molecule has 1 aliphatic rings. The summed E-state index contributed by atoms with van der Waals surface area (Å²) < 4.78 is 23.2. The van der Waals surface area contributed by atoms with Crippen molar-refractivity contribution in [1.82, 2.24) is 4.98 Å². The highest BCUT2D eigenvalue weighted by atomic mass is 32.2. The van der Waals surface area contributed by atoms with Crippen LogP contribution >= 0.6 is 0 Å². The van der Waals surface area contributed by atoms with E-state index in [4.69, 9.17) is 10.1 Å².